The van der Waals surface area contributed by atoms with Crippen molar-refractivity contribution in [2.75, 3.05) is 13.1 Å². The predicted molar refractivity (Wildman–Crippen MR) is 43.5 cm³/mol. The van der Waals surface area contributed by atoms with Crippen molar-refractivity contribution in [2.24, 2.45) is 11.5 Å². The van der Waals surface area contributed by atoms with Gasteiger partial charge in [-0.2, -0.15) is 0 Å². The van der Waals surface area contributed by atoms with Gasteiger partial charge in [-0.25, -0.2) is 0 Å². The first-order valence-electron chi connectivity index (χ1n) is 3.39. The number of hydrogen-bond donors (Lipinski definition) is 2. The summed E-state index contributed by atoms with van der Waals surface area (Å²) in [6.07, 6.45) is 0. The summed E-state index contributed by atoms with van der Waals surface area (Å²) in [7, 11) is 0. The summed E-state index contributed by atoms with van der Waals surface area (Å²) < 4.78 is 0. The second-order valence-electron chi connectivity index (χ2n) is 2.15. The quantitative estimate of drug-likeness (QED) is 0.602. The van der Waals surface area contributed by atoms with E-state index in [1.54, 1.807) is 0 Å². The molecule has 0 fully saturated rings. The van der Waals surface area contributed by atoms with Crippen LogP contribution in [-0.4, -0.2) is 13.1 Å². The molecule has 0 unspecified atom stereocenters. The van der Waals surface area contributed by atoms with Gasteiger partial charge in [0.25, 0.3) is 0 Å². The molecule has 2 nitrogen and oxygen atoms in total. The molecule has 0 bridgehead atoms. The van der Waals surface area contributed by atoms with E-state index >= 15 is 0 Å². The van der Waals surface area contributed by atoms with Gasteiger partial charge in [-0.3, -0.25) is 0 Å². The highest BCUT2D eigenvalue weighted by molar-refractivity contribution is 5.75. The molecule has 2 rings (SSSR count). The third-order valence-corrected chi connectivity index (χ3v) is 1.38. The van der Waals surface area contributed by atoms with Crippen LogP contribution in [-0.2, 0) is 0 Å². The zero-order valence-electron chi connectivity index (χ0n) is 5.88. The Morgan fingerprint density at radius 2 is 1.10 bits per heavy atom. The summed E-state index contributed by atoms with van der Waals surface area (Å²) in [5.74, 6) is 0. The van der Waals surface area contributed by atoms with Crippen LogP contribution in [0.4, 0.5) is 0 Å². The fraction of sp³-hybridized carbons (Fsp3) is 0.250. The van der Waals surface area contributed by atoms with E-state index in [4.69, 9.17) is 11.5 Å². The molecule has 0 aromatic carbocycles. The lowest BCUT2D eigenvalue weighted by Gasteiger charge is -2.10. The molecule has 2 aliphatic carbocycles. The molecule has 2 aliphatic rings. The predicted octanol–water partition coefficient (Wildman–Crippen LogP) is 0.571. The molecule has 0 spiro atoms. The van der Waals surface area contributed by atoms with Gasteiger partial charge in [0.15, 0.2) is 0 Å². The van der Waals surface area contributed by atoms with Gasteiger partial charge in [-0.05, 0) is 11.1 Å². The molecular formula is C8H12N2. The Bertz CT molecular complexity index is 168. The van der Waals surface area contributed by atoms with Crippen molar-refractivity contribution in [3.8, 4) is 11.1 Å². The first-order valence-corrected chi connectivity index (χ1v) is 3.39. The molecule has 10 heavy (non-hydrogen) atoms. The van der Waals surface area contributed by atoms with Gasteiger partial charge in [0.05, 0.1) is 0 Å². The van der Waals surface area contributed by atoms with E-state index < -0.39 is 0 Å². The molecule has 0 aromatic rings. The molecule has 0 radical (unpaired) electrons. The van der Waals surface area contributed by atoms with Crippen molar-refractivity contribution < 1.29 is 0 Å². The molecular weight excluding hydrogens is 124 g/mol. The van der Waals surface area contributed by atoms with E-state index in [-0.39, 0.29) is 0 Å². The topological polar surface area (TPSA) is 52.0 Å². The molecule has 0 saturated carbocycles. The van der Waals surface area contributed by atoms with Crippen molar-refractivity contribution in [1.82, 2.24) is 0 Å². The average molecular weight is 136 g/mol. The molecule has 4 N–H and O–H groups in total. The van der Waals surface area contributed by atoms with E-state index in [9.17, 15) is 0 Å². The highest BCUT2D eigenvalue weighted by atomic mass is 14.6. The molecule has 0 atom stereocenters. The Labute approximate surface area is 60.8 Å². The van der Waals surface area contributed by atoms with Gasteiger partial charge in [-0.15, -0.1) is 0 Å². The Morgan fingerprint density at radius 1 is 0.800 bits per heavy atom. The number of hydrogen-bond acceptors (Lipinski definition) is 2. The molecule has 0 aromatic heterocycles. The van der Waals surface area contributed by atoms with Gasteiger partial charge in [-0.1, -0.05) is 24.3 Å². The van der Waals surface area contributed by atoms with Crippen molar-refractivity contribution in [3.63, 3.8) is 0 Å². The summed E-state index contributed by atoms with van der Waals surface area (Å²) in [5.41, 5.74) is 12.7. The summed E-state index contributed by atoms with van der Waals surface area (Å²) >= 11 is 0. The maximum Gasteiger partial charge on any atom is 0.00461 e. The van der Waals surface area contributed by atoms with E-state index in [1.807, 2.05) is 0 Å². The van der Waals surface area contributed by atoms with Crippen LogP contribution < -0.4 is 11.5 Å². The van der Waals surface area contributed by atoms with E-state index in [0.29, 0.717) is 13.1 Å². The second-order valence-corrected chi connectivity index (χ2v) is 2.15. The highest BCUT2D eigenvalue weighted by Crippen LogP contribution is 2.29. The van der Waals surface area contributed by atoms with Crippen LogP contribution in [0, 0.1) is 0 Å². The minimum atomic E-state index is 0.597. The Balaban J connectivity index is 0.000000112. The lowest BCUT2D eigenvalue weighted by atomic mass is 9.95. The van der Waals surface area contributed by atoms with Crippen molar-refractivity contribution in [3.05, 3.63) is 24.3 Å². The first kappa shape index (κ1) is 7.25. The fourth-order valence-electron chi connectivity index (χ4n) is 0.663. The third-order valence-electron chi connectivity index (χ3n) is 1.38. The lowest BCUT2D eigenvalue weighted by molar-refractivity contribution is 0.976. The van der Waals surface area contributed by atoms with Crippen LogP contribution in [0.3, 0.4) is 0 Å². The standard InChI is InChI=1S/C6H4.C2H8N2/c1-2-6-4-3-5(1)6;3-1-2-4/h1-4H;1-4H2. The summed E-state index contributed by atoms with van der Waals surface area (Å²) in [6.45, 7) is 1.19. The van der Waals surface area contributed by atoms with E-state index in [1.165, 1.54) is 11.1 Å². The van der Waals surface area contributed by atoms with Crippen LogP contribution in [0.2, 0.25) is 0 Å². The maximum atomic E-state index is 4.90. The van der Waals surface area contributed by atoms with Crippen molar-refractivity contribution in [1.29, 1.82) is 0 Å². The van der Waals surface area contributed by atoms with Crippen LogP contribution in [0.5, 0.6) is 0 Å². The Morgan fingerprint density at radius 3 is 1.10 bits per heavy atom. The molecule has 2 heteroatoms. The second kappa shape index (κ2) is 3.34. The van der Waals surface area contributed by atoms with Gasteiger partial charge < -0.3 is 11.5 Å². The SMILES string of the molecule is NCCN.c1cc2ccc1-2. The van der Waals surface area contributed by atoms with E-state index in [0.717, 1.165) is 0 Å². The van der Waals surface area contributed by atoms with E-state index in [2.05, 4.69) is 24.3 Å². The monoisotopic (exact) mass is 136 g/mol. The Hall–Kier alpha value is -0.860. The normalized spacial score (nSPS) is 9.80. The zero-order valence-corrected chi connectivity index (χ0v) is 5.88. The minimum Gasteiger partial charge on any atom is -0.329 e. The fourth-order valence-corrected chi connectivity index (χ4v) is 0.663. The van der Waals surface area contributed by atoms with Crippen molar-refractivity contribution >= 4 is 0 Å². The molecule has 0 saturated heterocycles. The minimum absolute atomic E-state index is 0.597. The van der Waals surface area contributed by atoms with Gasteiger partial charge >= 0.3 is 0 Å². The molecule has 0 aliphatic heterocycles. The largest absolute Gasteiger partial charge is 0.329 e. The van der Waals surface area contributed by atoms with Gasteiger partial charge in [0, 0.05) is 13.1 Å². The summed E-state index contributed by atoms with van der Waals surface area (Å²) in [5, 5.41) is 0. The number of rotatable bonds is 1. The molecule has 0 heterocycles. The lowest BCUT2D eigenvalue weighted by Crippen LogP contribution is -2.11. The molecule has 54 valence electrons. The molecule has 0 amide bonds. The van der Waals surface area contributed by atoms with Crippen LogP contribution >= 0.6 is 0 Å². The highest BCUT2D eigenvalue weighted by Gasteiger charge is 2.03. The van der Waals surface area contributed by atoms with Crippen LogP contribution in [0.25, 0.3) is 11.1 Å². The summed E-state index contributed by atoms with van der Waals surface area (Å²) in [6, 6.07) is 8.48. The number of benzene rings is 1. The number of nitrogens with two attached hydrogens (primary N) is 2. The number of fused-ring (bicyclic) bond motifs is 1. The van der Waals surface area contributed by atoms with Gasteiger partial charge in [0.2, 0.25) is 0 Å². The van der Waals surface area contributed by atoms with Crippen molar-refractivity contribution in [2.45, 2.75) is 0 Å². The average Bonchev–Trinajstić information content (AvgIpc) is 1.97. The Kier molecular flexibility index (Phi) is 2.42. The van der Waals surface area contributed by atoms with Gasteiger partial charge in [0.1, 0.15) is 0 Å². The first-order chi connectivity index (χ1) is 4.88. The maximum absolute atomic E-state index is 4.90. The smallest absolute Gasteiger partial charge is 0.00461 e. The zero-order chi connectivity index (χ0) is 7.40. The van der Waals surface area contributed by atoms with Crippen LogP contribution in [0.15, 0.2) is 24.3 Å². The summed E-state index contributed by atoms with van der Waals surface area (Å²) in [4.78, 5) is 0. The third kappa shape index (κ3) is 1.35. The van der Waals surface area contributed by atoms with Crippen LogP contribution in [0.1, 0.15) is 0 Å².